The van der Waals surface area contributed by atoms with Gasteiger partial charge in [0.2, 0.25) is 0 Å². The number of fused-ring (bicyclic) bond motifs is 2. The van der Waals surface area contributed by atoms with Crippen LogP contribution in [0.2, 0.25) is 0 Å². The fourth-order valence-corrected chi connectivity index (χ4v) is 2.22. The van der Waals surface area contributed by atoms with E-state index in [2.05, 4.69) is 69.8 Å². The normalized spacial score (nSPS) is 12.3. The first-order valence-electron chi connectivity index (χ1n) is 5.17. The van der Waals surface area contributed by atoms with Gasteiger partial charge in [-0.3, -0.25) is 0 Å². The lowest BCUT2D eigenvalue weighted by molar-refractivity contribution is 1.52. The van der Waals surface area contributed by atoms with Gasteiger partial charge in [-0.15, -0.1) is 0 Å². The Hall–Kier alpha value is -1.54. The summed E-state index contributed by atoms with van der Waals surface area (Å²) in [6, 6.07) is 14.6. The average molecular weight is 272 g/mol. The molecule has 0 fully saturated rings. The standard InChI is InChI=1S/C14H10BrN/c15-12-8-7-11-6-5-10-3-1-2-4-13(10)16-14(11)9-12/h1-9,16H. The van der Waals surface area contributed by atoms with Gasteiger partial charge in [-0.05, 0) is 29.3 Å². The highest BCUT2D eigenvalue weighted by molar-refractivity contribution is 9.10. The molecule has 0 aliphatic carbocycles. The van der Waals surface area contributed by atoms with Crippen LogP contribution in [0, 0.1) is 0 Å². The van der Waals surface area contributed by atoms with Crippen LogP contribution in [0.1, 0.15) is 11.1 Å². The van der Waals surface area contributed by atoms with E-state index in [-0.39, 0.29) is 0 Å². The summed E-state index contributed by atoms with van der Waals surface area (Å²) >= 11 is 3.49. The van der Waals surface area contributed by atoms with Crippen LogP contribution in [0.3, 0.4) is 0 Å². The number of rotatable bonds is 0. The Bertz CT molecular complexity index is 573. The van der Waals surface area contributed by atoms with Crippen LogP contribution in [0.5, 0.6) is 0 Å². The molecule has 2 heteroatoms. The van der Waals surface area contributed by atoms with Gasteiger partial charge < -0.3 is 5.32 Å². The topological polar surface area (TPSA) is 12.0 Å². The summed E-state index contributed by atoms with van der Waals surface area (Å²) < 4.78 is 1.09. The Labute approximate surface area is 103 Å². The molecule has 16 heavy (non-hydrogen) atoms. The van der Waals surface area contributed by atoms with E-state index in [9.17, 15) is 0 Å². The molecule has 1 aliphatic rings. The first-order valence-corrected chi connectivity index (χ1v) is 5.96. The molecule has 0 unspecified atom stereocenters. The first kappa shape index (κ1) is 9.67. The second-order valence-electron chi connectivity index (χ2n) is 3.78. The summed E-state index contributed by atoms with van der Waals surface area (Å²) in [5.41, 5.74) is 4.71. The highest BCUT2D eigenvalue weighted by Gasteiger charge is 2.07. The number of nitrogens with one attached hydrogen (secondary N) is 1. The number of anilines is 2. The quantitative estimate of drug-likeness (QED) is 0.626. The van der Waals surface area contributed by atoms with Gasteiger partial charge in [0.05, 0.1) is 0 Å². The Morgan fingerprint density at radius 3 is 2.44 bits per heavy atom. The van der Waals surface area contributed by atoms with Crippen LogP contribution < -0.4 is 5.32 Å². The number of halogens is 1. The predicted octanol–water partition coefficient (Wildman–Crippen LogP) is 4.68. The molecular formula is C14H10BrN. The van der Waals surface area contributed by atoms with Crippen LogP contribution in [-0.4, -0.2) is 0 Å². The molecule has 0 radical (unpaired) electrons. The van der Waals surface area contributed by atoms with Crippen LogP contribution in [0.15, 0.2) is 46.9 Å². The van der Waals surface area contributed by atoms with Gasteiger partial charge in [0.1, 0.15) is 0 Å². The average Bonchev–Trinajstić information content (AvgIpc) is 2.47. The molecule has 0 amide bonds. The summed E-state index contributed by atoms with van der Waals surface area (Å²) in [6.07, 6.45) is 4.28. The maximum atomic E-state index is 3.49. The summed E-state index contributed by atoms with van der Waals surface area (Å²) in [6.45, 7) is 0. The van der Waals surface area contributed by atoms with Crippen molar-refractivity contribution >= 4 is 39.5 Å². The third-order valence-electron chi connectivity index (χ3n) is 2.69. The zero-order valence-corrected chi connectivity index (χ0v) is 10.2. The Kier molecular flexibility index (Phi) is 2.29. The molecule has 1 heterocycles. The van der Waals surface area contributed by atoms with Crippen molar-refractivity contribution in [3.05, 3.63) is 58.1 Å². The molecule has 3 rings (SSSR count). The molecule has 0 aromatic heterocycles. The van der Waals surface area contributed by atoms with Crippen molar-refractivity contribution in [2.45, 2.75) is 0 Å². The SMILES string of the molecule is Brc1ccc2c(c1)Nc1ccccc1C=C2. The Balaban J connectivity index is 2.18. The minimum atomic E-state index is 1.09. The van der Waals surface area contributed by atoms with Gasteiger partial charge in [0.25, 0.3) is 0 Å². The monoisotopic (exact) mass is 271 g/mol. The third-order valence-corrected chi connectivity index (χ3v) is 3.18. The van der Waals surface area contributed by atoms with E-state index in [1.165, 1.54) is 11.1 Å². The number of hydrogen-bond acceptors (Lipinski definition) is 1. The molecule has 2 aromatic carbocycles. The Morgan fingerprint density at radius 1 is 0.812 bits per heavy atom. The maximum Gasteiger partial charge on any atom is 0.0469 e. The minimum absolute atomic E-state index is 1.09. The van der Waals surface area contributed by atoms with Crippen molar-refractivity contribution in [1.29, 1.82) is 0 Å². The van der Waals surface area contributed by atoms with E-state index >= 15 is 0 Å². The van der Waals surface area contributed by atoms with Gasteiger partial charge in [0, 0.05) is 15.8 Å². The summed E-state index contributed by atoms with van der Waals surface area (Å²) in [4.78, 5) is 0. The first-order chi connectivity index (χ1) is 7.83. The van der Waals surface area contributed by atoms with Crippen molar-refractivity contribution in [2.75, 3.05) is 5.32 Å². The van der Waals surface area contributed by atoms with Crippen LogP contribution in [0.25, 0.3) is 12.2 Å². The number of hydrogen-bond donors (Lipinski definition) is 1. The van der Waals surface area contributed by atoms with E-state index < -0.39 is 0 Å². The lowest BCUT2D eigenvalue weighted by atomic mass is 10.1. The molecule has 2 aromatic rings. The molecule has 0 spiro atoms. The van der Waals surface area contributed by atoms with Crippen molar-refractivity contribution in [2.24, 2.45) is 0 Å². The van der Waals surface area contributed by atoms with E-state index in [0.717, 1.165) is 15.8 Å². The highest BCUT2D eigenvalue weighted by atomic mass is 79.9. The van der Waals surface area contributed by atoms with E-state index in [1.807, 2.05) is 6.07 Å². The molecule has 0 bridgehead atoms. The second kappa shape index (κ2) is 3.80. The molecule has 1 aliphatic heterocycles. The number of benzene rings is 2. The van der Waals surface area contributed by atoms with E-state index in [1.54, 1.807) is 0 Å². The van der Waals surface area contributed by atoms with Gasteiger partial charge in [-0.25, -0.2) is 0 Å². The third kappa shape index (κ3) is 1.65. The molecule has 0 atom stereocenters. The molecule has 0 saturated heterocycles. The lowest BCUT2D eigenvalue weighted by Crippen LogP contribution is -1.92. The molecular weight excluding hydrogens is 262 g/mol. The smallest absolute Gasteiger partial charge is 0.0469 e. The molecule has 1 N–H and O–H groups in total. The molecule has 0 saturated carbocycles. The summed E-state index contributed by atoms with van der Waals surface area (Å²) in [5, 5.41) is 3.45. The van der Waals surface area contributed by atoms with Crippen molar-refractivity contribution in [1.82, 2.24) is 0 Å². The van der Waals surface area contributed by atoms with Crippen molar-refractivity contribution in [3.8, 4) is 0 Å². The summed E-state index contributed by atoms with van der Waals surface area (Å²) in [5.74, 6) is 0. The van der Waals surface area contributed by atoms with Crippen LogP contribution >= 0.6 is 15.9 Å². The van der Waals surface area contributed by atoms with Gasteiger partial charge in [-0.2, -0.15) is 0 Å². The minimum Gasteiger partial charge on any atom is -0.355 e. The van der Waals surface area contributed by atoms with Crippen molar-refractivity contribution in [3.63, 3.8) is 0 Å². The van der Waals surface area contributed by atoms with Crippen LogP contribution in [0.4, 0.5) is 11.4 Å². The Morgan fingerprint density at radius 2 is 1.56 bits per heavy atom. The largest absolute Gasteiger partial charge is 0.355 e. The van der Waals surface area contributed by atoms with E-state index in [0.29, 0.717) is 0 Å². The van der Waals surface area contributed by atoms with Gasteiger partial charge in [0.15, 0.2) is 0 Å². The zero-order valence-electron chi connectivity index (χ0n) is 8.57. The highest BCUT2D eigenvalue weighted by Crippen LogP contribution is 2.31. The van der Waals surface area contributed by atoms with E-state index in [4.69, 9.17) is 0 Å². The lowest BCUT2D eigenvalue weighted by Gasteiger charge is -2.09. The molecule has 1 nitrogen and oxygen atoms in total. The van der Waals surface area contributed by atoms with Gasteiger partial charge in [-0.1, -0.05) is 52.3 Å². The van der Waals surface area contributed by atoms with Crippen molar-refractivity contribution < 1.29 is 0 Å². The maximum absolute atomic E-state index is 3.49. The second-order valence-corrected chi connectivity index (χ2v) is 4.69. The van der Waals surface area contributed by atoms with Crippen LogP contribution in [-0.2, 0) is 0 Å². The summed E-state index contributed by atoms with van der Waals surface area (Å²) in [7, 11) is 0. The fourth-order valence-electron chi connectivity index (χ4n) is 1.86. The van der Waals surface area contributed by atoms with Gasteiger partial charge >= 0.3 is 0 Å². The fraction of sp³-hybridized carbons (Fsp3) is 0. The zero-order chi connectivity index (χ0) is 11.0. The predicted molar refractivity (Wildman–Crippen MR) is 72.8 cm³/mol. The molecule has 78 valence electrons. The number of para-hydroxylation sites is 1.